The predicted octanol–water partition coefficient (Wildman–Crippen LogP) is 2.62. The van der Waals surface area contributed by atoms with Crippen LogP contribution >= 0.6 is 11.3 Å². The fourth-order valence-electron chi connectivity index (χ4n) is 2.35. The number of likely N-dealkylation sites (N-methyl/N-ethyl adjacent to an activating group) is 1. The minimum absolute atomic E-state index is 0.000931. The van der Waals surface area contributed by atoms with Crippen molar-refractivity contribution in [3.05, 3.63) is 62.3 Å². The molecule has 1 aromatic heterocycles. The second-order valence-electron chi connectivity index (χ2n) is 5.40. The summed E-state index contributed by atoms with van der Waals surface area (Å²) in [6, 6.07) is 8.43. The summed E-state index contributed by atoms with van der Waals surface area (Å²) < 4.78 is 0. The van der Waals surface area contributed by atoms with Crippen LogP contribution in [0.5, 0.6) is 0 Å². The maximum absolute atomic E-state index is 12.1. The maximum atomic E-state index is 12.1. The number of thiophene rings is 1. The average Bonchev–Trinajstić information content (AvgIpc) is 3.01. The summed E-state index contributed by atoms with van der Waals surface area (Å²) in [4.78, 5) is 24.7. The molecule has 2 rings (SSSR count). The summed E-state index contributed by atoms with van der Waals surface area (Å²) in [5.74, 6) is -0.221. The molecule has 0 aliphatic rings. The van der Waals surface area contributed by atoms with Gasteiger partial charge in [0.05, 0.1) is 17.4 Å². The summed E-state index contributed by atoms with van der Waals surface area (Å²) in [6.45, 7) is 0.462. The minimum atomic E-state index is -0.462. The summed E-state index contributed by atoms with van der Waals surface area (Å²) in [5.41, 5.74) is 1.54. The molecular formula is C16H19N3O3S. The highest BCUT2D eigenvalue weighted by Gasteiger charge is 2.18. The monoisotopic (exact) mass is 333 g/mol. The molecule has 1 heterocycles. The molecule has 0 aliphatic heterocycles. The Morgan fingerprint density at radius 3 is 2.70 bits per heavy atom. The van der Waals surface area contributed by atoms with Crippen LogP contribution in [0.4, 0.5) is 5.69 Å². The number of nitrogens with zero attached hydrogens (tertiary/aromatic N) is 2. The number of hydrogen-bond acceptors (Lipinski definition) is 5. The molecule has 1 unspecified atom stereocenters. The first-order chi connectivity index (χ1) is 11.0. The van der Waals surface area contributed by atoms with Crippen LogP contribution in [-0.2, 0) is 11.2 Å². The van der Waals surface area contributed by atoms with Crippen LogP contribution in [0.3, 0.4) is 0 Å². The van der Waals surface area contributed by atoms with Gasteiger partial charge in [-0.25, -0.2) is 0 Å². The molecule has 6 nitrogen and oxygen atoms in total. The van der Waals surface area contributed by atoms with Crippen LogP contribution in [0.15, 0.2) is 41.1 Å². The molecule has 0 spiro atoms. The lowest BCUT2D eigenvalue weighted by Gasteiger charge is -2.24. The van der Waals surface area contributed by atoms with Gasteiger partial charge in [0.1, 0.15) is 0 Å². The van der Waals surface area contributed by atoms with Gasteiger partial charge in [0.25, 0.3) is 5.69 Å². The van der Waals surface area contributed by atoms with Gasteiger partial charge in [0.15, 0.2) is 0 Å². The molecule has 122 valence electrons. The van der Waals surface area contributed by atoms with Crippen LogP contribution in [0.1, 0.15) is 17.2 Å². The summed E-state index contributed by atoms with van der Waals surface area (Å²) in [5, 5.41) is 17.9. The maximum Gasteiger partial charge on any atom is 0.273 e. The van der Waals surface area contributed by atoms with E-state index >= 15 is 0 Å². The minimum Gasteiger partial charge on any atom is -0.354 e. The van der Waals surface area contributed by atoms with Crippen LogP contribution < -0.4 is 5.32 Å². The number of nitro benzene ring substituents is 1. The van der Waals surface area contributed by atoms with Gasteiger partial charge in [-0.3, -0.25) is 14.9 Å². The second-order valence-corrected chi connectivity index (χ2v) is 6.18. The van der Waals surface area contributed by atoms with Crippen LogP contribution in [0, 0.1) is 10.1 Å². The normalized spacial score (nSPS) is 12.1. The Bertz CT molecular complexity index is 671. The molecule has 7 heteroatoms. The Balaban J connectivity index is 1.99. The molecule has 1 aromatic carbocycles. The Kier molecular flexibility index (Phi) is 5.84. The van der Waals surface area contributed by atoms with Gasteiger partial charge in [-0.2, -0.15) is 11.3 Å². The van der Waals surface area contributed by atoms with Crippen molar-refractivity contribution in [1.29, 1.82) is 0 Å². The smallest absolute Gasteiger partial charge is 0.273 e. The topological polar surface area (TPSA) is 75.5 Å². The first-order valence-electron chi connectivity index (χ1n) is 7.16. The van der Waals surface area contributed by atoms with Crippen LogP contribution in [-0.4, -0.2) is 36.4 Å². The van der Waals surface area contributed by atoms with Crippen molar-refractivity contribution in [2.45, 2.75) is 12.5 Å². The first-order valence-corrected chi connectivity index (χ1v) is 8.11. The molecule has 0 saturated carbocycles. The fourth-order valence-corrected chi connectivity index (χ4v) is 3.05. The molecule has 1 amide bonds. The second kappa shape index (κ2) is 7.85. The van der Waals surface area contributed by atoms with Crippen molar-refractivity contribution in [3.8, 4) is 0 Å². The number of benzene rings is 1. The van der Waals surface area contributed by atoms with Gasteiger partial charge in [0, 0.05) is 18.2 Å². The van der Waals surface area contributed by atoms with E-state index in [-0.39, 0.29) is 24.1 Å². The average molecular weight is 333 g/mol. The van der Waals surface area contributed by atoms with Gasteiger partial charge in [-0.15, -0.1) is 0 Å². The Labute approximate surface area is 138 Å². The van der Waals surface area contributed by atoms with Gasteiger partial charge < -0.3 is 10.2 Å². The van der Waals surface area contributed by atoms with Gasteiger partial charge in [-0.1, -0.05) is 18.2 Å². The van der Waals surface area contributed by atoms with Crippen molar-refractivity contribution < 1.29 is 9.72 Å². The highest BCUT2D eigenvalue weighted by Crippen LogP contribution is 2.21. The lowest BCUT2D eigenvalue weighted by Crippen LogP contribution is -2.35. The number of rotatable bonds is 7. The number of hydrogen-bond donors (Lipinski definition) is 1. The highest BCUT2D eigenvalue weighted by molar-refractivity contribution is 7.07. The quantitative estimate of drug-likeness (QED) is 0.624. The molecule has 0 bridgehead atoms. The van der Waals surface area contributed by atoms with Crippen LogP contribution in [0.25, 0.3) is 0 Å². The van der Waals surface area contributed by atoms with Crippen molar-refractivity contribution in [1.82, 2.24) is 10.2 Å². The Morgan fingerprint density at radius 1 is 1.35 bits per heavy atom. The van der Waals surface area contributed by atoms with Crippen molar-refractivity contribution in [2.24, 2.45) is 0 Å². The number of nitro groups is 1. The number of carbonyl (C=O) groups is 1. The zero-order valence-electron chi connectivity index (χ0n) is 13.1. The highest BCUT2D eigenvalue weighted by atomic mass is 32.1. The molecule has 2 aromatic rings. The molecule has 1 N–H and O–H groups in total. The molecule has 0 aliphatic carbocycles. The van der Waals surface area contributed by atoms with E-state index in [4.69, 9.17) is 0 Å². The Morgan fingerprint density at radius 2 is 2.09 bits per heavy atom. The zero-order chi connectivity index (χ0) is 16.8. The number of amides is 1. The van der Waals surface area contributed by atoms with E-state index in [1.54, 1.807) is 29.5 Å². The Hall–Kier alpha value is -2.25. The van der Waals surface area contributed by atoms with Crippen molar-refractivity contribution in [3.63, 3.8) is 0 Å². The number of carbonyl (C=O) groups excluding carboxylic acids is 1. The van der Waals surface area contributed by atoms with E-state index in [1.165, 1.54) is 6.07 Å². The largest absolute Gasteiger partial charge is 0.354 e. The predicted molar refractivity (Wildman–Crippen MR) is 90.6 cm³/mol. The standard InChI is InChI=1S/C16H19N3O3S/c1-18(2)15(13-7-8-23-11-13)10-17-16(20)9-12-5-3-4-6-14(12)19(21)22/h3-8,11,15H,9-10H2,1-2H3,(H,17,20). The van der Waals surface area contributed by atoms with E-state index in [9.17, 15) is 14.9 Å². The molecule has 0 fully saturated rings. The third-order valence-corrected chi connectivity index (χ3v) is 4.28. The van der Waals surface area contributed by atoms with Gasteiger partial charge in [0.2, 0.25) is 5.91 Å². The summed E-state index contributed by atoms with van der Waals surface area (Å²) in [7, 11) is 3.91. The van der Waals surface area contributed by atoms with Crippen molar-refractivity contribution >= 4 is 22.9 Å². The molecule has 1 atom stereocenters. The summed E-state index contributed by atoms with van der Waals surface area (Å²) in [6.07, 6.45) is 0.000931. The van der Waals surface area contributed by atoms with E-state index in [1.807, 2.05) is 30.4 Å². The van der Waals surface area contributed by atoms with E-state index in [0.29, 0.717) is 12.1 Å². The van der Waals surface area contributed by atoms with Gasteiger partial charge in [-0.05, 0) is 36.5 Å². The third kappa shape index (κ3) is 4.61. The molecule has 0 saturated heterocycles. The lowest BCUT2D eigenvalue weighted by atomic mass is 10.1. The lowest BCUT2D eigenvalue weighted by molar-refractivity contribution is -0.385. The van der Waals surface area contributed by atoms with Crippen molar-refractivity contribution in [2.75, 3.05) is 20.6 Å². The molecular weight excluding hydrogens is 314 g/mol. The third-order valence-electron chi connectivity index (χ3n) is 3.58. The number of para-hydroxylation sites is 1. The first kappa shape index (κ1) is 17.1. The summed E-state index contributed by atoms with van der Waals surface area (Å²) >= 11 is 1.61. The molecule has 0 radical (unpaired) electrons. The number of nitrogens with one attached hydrogen (secondary N) is 1. The fraction of sp³-hybridized carbons (Fsp3) is 0.312. The molecule has 23 heavy (non-hydrogen) atoms. The van der Waals surface area contributed by atoms with Crippen LogP contribution in [0.2, 0.25) is 0 Å². The van der Waals surface area contributed by atoms with Gasteiger partial charge >= 0.3 is 0 Å². The van der Waals surface area contributed by atoms with E-state index in [2.05, 4.69) is 10.7 Å². The SMILES string of the molecule is CN(C)C(CNC(=O)Cc1ccccc1[N+](=O)[O-])c1ccsc1. The van der Waals surface area contributed by atoms with E-state index < -0.39 is 4.92 Å². The zero-order valence-corrected chi connectivity index (χ0v) is 13.9. The van der Waals surface area contributed by atoms with E-state index in [0.717, 1.165) is 5.56 Å².